The Morgan fingerprint density at radius 3 is 2.62 bits per heavy atom. The number of hydrogen-bond donors (Lipinski definition) is 0. The van der Waals surface area contributed by atoms with Crippen molar-refractivity contribution < 1.29 is 13.9 Å². The van der Waals surface area contributed by atoms with Gasteiger partial charge in [0.05, 0.1) is 17.7 Å². The first kappa shape index (κ1) is 10.3. The van der Waals surface area contributed by atoms with E-state index in [2.05, 4.69) is 0 Å². The molecule has 0 aliphatic carbocycles. The van der Waals surface area contributed by atoms with E-state index in [-0.39, 0.29) is 16.3 Å². The van der Waals surface area contributed by atoms with Crippen molar-refractivity contribution in [1.29, 1.82) is 0 Å². The smallest absolute Gasteiger partial charge is 0.255 e. The van der Waals surface area contributed by atoms with Gasteiger partial charge in [-0.25, -0.2) is 4.39 Å². The molecule has 0 bridgehead atoms. The second kappa shape index (κ2) is 3.94. The summed E-state index contributed by atoms with van der Waals surface area (Å²) in [5, 5.41) is -0.783. The Bertz CT molecular complexity index is 352. The molecule has 0 heterocycles. The maximum atomic E-state index is 13.0. The average molecular weight is 223 g/mol. The van der Waals surface area contributed by atoms with Gasteiger partial charge in [0.25, 0.3) is 5.24 Å². The van der Waals surface area contributed by atoms with Crippen molar-refractivity contribution in [2.24, 2.45) is 0 Å². The number of ether oxygens (including phenoxy) is 1. The zero-order chi connectivity index (χ0) is 10.0. The molecule has 0 spiro atoms. The summed E-state index contributed by atoms with van der Waals surface area (Å²) in [5.74, 6) is -0.544. The fourth-order valence-electron chi connectivity index (χ4n) is 0.836. The summed E-state index contributed by atoms with van der Waals surface area (Å²) in [7, 11) is 1.36. The summed E-state index contributed by atoms with van der Waals surface area (Å²) in [6.45, 7) is 0. The second-order valence-corrected chi connectivity index (χ2v) is 2.99. The van der Waals surface area contributed by atoms with Crippen LogP contribution in [0.15, 0.2) is 12.1 Å². The molecule has 2 nitrogen and oxygen atoms in total. The Balaban J connectivity index is 3.30. The summed E-state index contributed by atoms with van der Waals surface area (Å²) >= 11 is 10.7. The van der Waals surface area contributed by atoms with Crippen molar-refractivity contribution in [3.05, 3.63) is 28.5 Å². The standard InChI is InChI=1S/C8H5Cl2FO2/c1-13-7-2-4(8(10)12)6(11)3-5(7)9/h2-3H,1H3. The van der Waals surface area contributed by atoms with Crippen LogP contribution < -0.4 is 4.74 Å². The van der Waals surface area contributed by atoms with Crippen LogP contribution >= 0.6 is 23.2 Å². The molecule has 5 heteroatoms. The molecule has 0 unspecified atom stereocenters. The van der Waals surface area contributed by atoms with Gasteiger partial charge in [-0.05, 0) is 23.7 Å². The molecule has 13 heavy (non-hydrogen) atoms. The molecule has 1 aromatic carbocycles. The lowest BCUT2D eigenvalue weighted by Gasteiger charge is -2.04. The largest absolute Gasteiger partial charge is 0.495 e. The highest BCUT2D eigenvalue weighted by atomic mass is 35.5. The molecule has 0 N–H and O–H groups in total. The molecule has 0 atom stereocenters. The molecule has 0 radical (unpaired) electrons. The average Bonchev–Trinajstić information content (AvgIpc) is 2.03. The van der Waals surface area contributed by atoms with Crippen molar-refractivity contribution in [2.75, 3.05) is 7.11 Å². The van der Waals surface area contributed by atoms with Gasteiger partial charge in [-0.2, -0.15) is 0 Å². The van der Waals surface area contributed by atoms with Gasteiger partial charge in [0.15, 0.2) is 0 Å². The zero-order valence-electron chi connectivity index (χ0n) is 6.61. The highest BCUT2D eigenvalue weighted by Gasteiger charge is 2.13. The van der Waals surface area contributed by atoms with Crippen LogP contribution in [0.3, 0.4) is 0 Å². The minimum absolute atomic E-state index is 0.0988. The first-order valence-corrected chi connectivity index (χ1v) is 4.04. The van der Waals surface area contributed by atoms with Crippen LogP contribution in [0.1, 0.15) is 10.4 Å². The van der Waals surface area contributed by atoms with Crippen LogP contribution in [0.25, 0.3) is 0 Å². The normalized spacial score (nSPS) is 9.85. The quantitative estimate of drug-likeness (QED) is 0.720. The van der Waals surface area contributed by atoms with Crippen LogP contribution in [0, 0.1) is 5.82 Å². The second-order valence-electron chi connectivity index (χ2n) is 2.24. The summed E-state index contributed by atoms with van der Waals surface area (Å²) in [5.41, 5.74) is -0.247. The van der Waals surface area contributed by atoms with Crippen LogP contribution in [-0.2, 0) is 0 Å². The molecule has 70 valence electrons. The van der Waals surface area contributed by atoms with Crippen LogP contribution in [0.2, 0.25) is 5.02 Å². The van der Waals surface area contributed by atoms with Crippen molar-refractivity contribution in [3.8, 4) is 5.75 Å². The van der Waals surface area contributed by atoms with E-state index in [9.17, 15) is 9.18 Å². The Hall–Kier alpha value is -0.800. The summed E-state index contributed by atoms with van der Waals surface area (Å²) in [4.78, 5) is 10.7. The number of rotatable bonds is 2. The third kappa shape index (κ3) is 2.11. The van der Waals surface area contributed by atoms with Gasteiger partial charge in [0.2, 0.25) is 0 Å². The molecular formula is C8H5Cl2FO2. The zero-order valence-corrected chi connectivity index (χ0v) is 8.12. The Labute approximate surface area is 84.2 Å². The van der Waals surface area contributed by atoms with Crippen molar-refractivity contribution >= 4 is 28.4 Å². The van der Waals surface area contributed by atoms with E-state index in [1.165, 1.54) is 7.11 Å². The summed E-state index contributed by atoms with van der Waals surface area (Å²) in [6.07, 6.45) is 0. The minimum Gasteiger partial charge on any atom is -0.495 e. The first-order valence-electron chi connectivity index (χ1n) is 3.29. The number of benzene rings is 1. The number of carbonyl (C=O) groups excluding carboxylic acids is 1. The molecular weight excluding hydrogens is 218 g/mol. The summed E-state index contributed by atoms with van der Waals surface area (Å²) < 4.78 is 17.8. The summed E-state index contributed by atoms with van der Waals surface area (Å²) in [6, 6.07) is 2.14. The predicted molar refractivity (Wildman–Crippen MR) is 48.1 cm³/mol. The van der Waals surface area contributed by atoms with E-state index >= 15 is 0 Å². The Kier molecular flexibility index (Phi) is 3.12. The lowest BCUT2D eigenvalue weighted by atomic mass is 10.2. The molecule has 0 aliphatic rings. The fourth-order valence-corrected chi connectivity index (χ4v) is 1.21. The van der Waals surface area contributed by atoms with Crippen LogP contribution in [-0.4, -0.2) is 12.4 Å². The molecule has 1 aromatic rings. The molecule has 0 fully saturated rings. The van der Waals surface area contributed by atoms with Gasteiger partial charge < -0.3 is 4.74 Å². The van der Waals surface area contributed by atoms with E-state index in [0.29, 0.717) is 0 Å². The Morgan fingerprint density at radius 2 is 2.15 bits per heavy atom. The maximum Gasteiger partial charge on any atom is 0.255 e. The molecule has 0 saturated heterocycles. The highest BCUT2D eigenvalue weighted by molar-refractivity contribution is 6.67. The van der Waals surface area contributed by atoms with Crippen molar-refractivity contribution in [2.45, 2.75) is 0 Å². The highest BCUT2D eigenvalue weighted by Crippen LogP contribution is 2.27. The number of halogens is 3. The topological polar surface area (TPSA) is 26.3 Å². The van der Waals surface area contributed by atoms with Gasteiger partial charge in [0.1, 0.15) is 11.6 Å². The third-order valence-electron chi connectivity index (χ3n) is 1.45. The maximum absolute atomic E-state index is 13.0. The number of methoxy groups -OCH3 is 1. The number of hydrogen-bond acceptors (Lipinski definition) is 2. The lowest BCUT2D eigenvalue weighted by molar-refractivity contribution is 0.107. The van der Waals surface area contributed by atoms with Gasteiger partial charge in [-0.3, -0.25) is 4.79 Å². The van der Waals surface area contributed by atoms with Crippen molar-refractivity contribution in [1.82, 2.24) is 0 Å². The molecule has 0 aromatic heterocycles. The SMILES string of the molecule is COc1cc(C(=O)Cl)c(F)cc1Cl. The molecule has 1 rings (SSSR count). The van der Waals surface area contributed by atoms with Crippen LogP contribution in [0.5, 0.6) is 5.75 Å². The first-order chi connectivity index (χ1) is 6.06. The van der Waals surface area contributed by atoms with Crippen LogP contribution in [0.4, 0.5) is 4.39 Å². The Morgan fingerprint density at radius 1 is 1.54 bits per heavy atom. The van der Waals surface area contributed by atoms with E-state index in [0.717, 1.165) is 12.1 Å². The van der Waals surface area contributed by atoms with Gasteiger partial charge in [-0.1, -0.05) is 11.6 Å². The van der Waals surface area contributed by atoms with E-state index in [1.807, 2.05) is 0 Å². The molecule has 0 saturated carbocycles. The fraction of sp³-hybridized carbons (Fsp3) is 0.125. The van der Waals surface area contributed by atoms with E-state index < -0.39 is 11.1 Å². The third-order valence-corrected chi connectivity index (χ3v) is 1.95. The minimum atomic E-state index is -0.882. The van der Waals surface area contributed by atoms with E-state index in [4.69, 9.17) is 27.9 Å². The van der Waals surface area contributed by atoms with Gasteiger partial charge in [0, 0.05) is 0 Å². The molecule has 0 aliphatic heterocycles. The molecule has 0 amide bonds. The monoisotopic (exact) mass is 222 g/mol. The lowest BCUT2D eigenvalue weighted by Crippen LogP contribution is -1.96. The van der Waals surface area contributed by atoms with E-state index in [1.54, 1.807) is 0 Å². The number of carbonyl (C=O) groups is 1. The van der Waals surface area contributed by atoms with Gasteiger partial charge in [-0.15, -0.1) is 0 Å². The van der Waals surface area contributed by atoms with Gasteiger partial charge >= 0.3 is 0 Å². The van der Waals surface area contributed by atoms with Crippen molar-refractivity contribution in [3.63, 3.8) is 0 Å². The predicted octanol–water partition coefficient (Wildman–Crippen LogP) is 2.87.